The molecule has 1 atom stereocenters. The van der Waals surface area contributed by atoms with Gasteiger partial charge in [-0.15, -0.1) is 10.2 Å². The number of amides is 1. The molecule has 4 rings (SSSR count). The molecule has 0 unspecified atom stereocenters. The molecule has 29 heavy (non-hydrogen) atoms. The predicted molar refractivity (Wildman–Crippen MR) is 114 cm³/mol. The maximum atomic E-state index is 12.7. The molecule has 0 N–H and O–H groups in total. The summed E-state index contributed by atoms with van der Waals surface area (Å²) in [6, 6.07) is 10.1. The maximum absolute atomic E-state index is 12.7. The molecule has 0 spiro atoms. The van der Waals surface area contributed by atoms with Gasteiger partial charge >= 0.3 is 0 Å². The second kappa shape index (κ2) is 9.73. The van der Waals surface area contributed by atoms with Crippen LogP contribution in [0.25, 0.3) is 11.4 Å². The van der Waals surface area contributed by atoms with Gasteiger partial charge in [-0.25, -0.2) is 0 Å². The molecule has 1 amide bonds. The minimum absolute atomic E-state index is 0.179. The quantitative estimate of drug-likeness (QED) is 0.647. The van der Waals surface area contributed by atoms with Gasteiger partial charge in [0.1, 0.15) is 0 Å². The molecule has 2 aliphatic rings. The Morgan fingerprint density at radius 1 is 1.17 bits per heavy atom. The lowest BCUT2D eigenvalue weighted by Gasteiger charge is -2.35. The number of benzene rings is 1. The Morgan fingerprint density at radius 3 is 2.66 bits per heavy atom. The van der Waals surface area contributed by atoms with Crippen LogP contribution in [0.4, 0.5) is 0 Å². The number of carbonyl (C=O) groups excluding carboxylic acids is 1. The molecule has 0 aliphatic carbocycles. The first-order valence-corrected chi connectivity index (χ1v) is 11.5. The number of carbonyl (C=O) groups is 1. The predicted octanol–water partition coefficient (Wildman–Crippen LogP) is 2.38. The highest BCUT2D eigenvalue weighted by atomic mass is 32.2. The lowest BCUT2D eigenvalue weighted by molar-refractivity contribution is -0.130. The van der Waals surface area contributed by atoms with Crippen LogP contribution in [0, 0.1) is 0 Å². The second-order valence-corrected chi connectivity index (χ2v) is 8.46. The van der Waals surface area contributed by atoms with Crippen molar-refractivity contribution in [1.29, 1.82) is 0 Å². The number of nitrogens with zero attached hydrogens (tertiary/aromatic N) is 5. The number of hydrogen-bond acceptors (Lipinski definition) is 6. The number of aromatic nitrogens is 3. The fraction of sp³-hybridized carbons (Fsp3) is 0.571. The molecule has 1 aromatic carbocycles. The van der Waals surface area contributed by atoms with Crippen molar-refractivity contribution >= 4 is 17.7 Å². The van der Waals surface area contributed by atoms with Crippen molar-refractivity contribution in [2.75, 3.05) is 45.1 Å². The van der Waals surface area contributed by atoms with E-state index in [1.165, 1.54) is 24.6 Å². The van der Waals surface area contributed by atoms with E-state index in [2.05, 4.69) is 26.6 Å². The van der Waals surface area contributed by atoms with E-state index in [-0.39, 0.29) is 5.91 Å². The van der Waals surface area contributed by atoms with Crippen molar-refractivity contribution in [2.45, 2.75) is 37.6 Å². The van der Waals surface area contributed by atoms with Crippen molar-refractivity contribution in [3.05, 3.63) is 30.3 Å². The van der Waals surface area contributed by atoms with E-state index >= 15 is 0 Å². The van der Waals surface area contributed by atoms with E-state index in [9.17, 15) is 4.79 Å². The molecule has 0 bridgehead atoms. The van der Waals surface area contributed by atoms with Crippen LogP contribution in [0.3, 0.4) is 0 Å². The smallest absolute Gasteiger partial charge is 0.233 e. The fourth-order valence-electron chi connectivity index (χ4n) is 3.96. The van der Waals surface area contributed by atoms with Gasteiger partial charge in [0.05, 0.1) is 11.9 Å². The van der Waals surface area contributed by atoms with Crippen molar-refractivity contribution in [3.8, 4) is 11.4 Å². The molecule has 2 aliphatic heterocycles. The summed E-state index contributed by atoms with van der Waals surface area (Å²) in [6.07, 6.45) is 2.72. The number of rotatable bonds is 7. The Morgan fingerprint density at radius 2 is 1.97 bits per heavy atom. The van der Waals surface area contributed by atoms with Crippen LogP contribution < -0.4 is 0 Å². The highest BCUT2D eigenvalue weighted by Gasteiger charge is 2.25. The van der Waals surface area contributed by atoms with Gasteiger partial charge in [-0.2, -0.15) is 0 Å². The maximum Gasteiger partial charge on any atom is 0.233 e. The van der Waals surface area contributed by atoms with E-state index in [1.54, 1.807) is 0 Å². The zero-order valence-electron chi connectivity index (χ0n) is 17.0. The largest absolute Gasteiger partial charge is 0.377 e. The fourth-order valence-corrected chi connectivity index (χ4v) is 4.86. The van der Waals surface area contributed by atoms with Crippen LogP contribution in [0.15, 0.2) is 35.5 Å². The van der Waals surface area contributed by atoms with Crippen LogP contribution in [-0.2, 0) is 16.1 Å². The van der Waals surface area contributed by atoms with Gasteiger partial charge in [-0.1, -0.05) is 42.1 Å². The molecule has 8 heteroatoms. The third kappa shape index (κ3) is 4.99. The summed E-state index contributed by atoms with van der Waals surface area (Å²) in [5, 5.41) is 9.49. The van der Waals surface area contributed by atoms with Crippen molar-refractivity contribution in [3.63, 3.8) is 0 Å². The van der Waals surface area contributed by atoms with Crippen molar-refractivity contribution in [2.24, 2.45) is 0 Å². The van der Waals surface area contributed by atoms with E-state index in [4.69, 9.17) is 4.74 Å². The molecule has 1 aromatic heterocycles. The summed E-state index contributed by atoms with van der Waals surface area (Å²) in [6.45, 7) is 8.20. The Labute approximate surface area is 176 Å². The SMILES string of the molecule is CCn1c(SCC(=O)N2CCN(C[C@@H]3CCCO3)CC2)nnc1-c1ccccc1. The molecule has 7 nitrogen and oxygen atoms in total. The van der Waals surface area contributed by atoms with E-state index in [0.717, 1.165) is 62.4 Å². The van der Waals surface area contributed by atoms with Crippen molar-refractivity contribution < 1.29 is 9.53 Å². The van der Waals surface area contributed by atoms with Crippen LogP contribution in [0.5, 0.6) is 0 Å². The monoisotopic (exact) mass is 415 g/mol. The first-order chi connectivity index (χ1) is 14.2. The van der Waals surface area contributed by atoms with E-state index in [0.29, 0.717) is 11.9 Å². The molecular formula is C21H29N5O2S. The van der Waals surface area contributed by atoms with Crippen LogP contribution in [0.2, 0.25) is 0 Å². The lowest BCUT2D eigenvalue weighted by Crippen LogP contribution is -2.50. The average Bonchev–Trinajstić information content (AvgIpc) is 3.42. The molecule has 2 saturated heterocycles. The Kier molecular flexibility index (Phi) is 6.84. The summed E-state index contributed by atoms with van der Waals surface area (Å²) in [7, 11) is 0. The molecule has 0 radical (unpaired) electrons. The first-order valence-electron chi connectivity index (χ1n) is 10.5. The molecule has 2 fully saturated rings. The van der Waals surface area contributed by atoms with Gasteiger partial charge < -0.3 is 14.2 Å². The zero-order valence-corrected chi connectivity index (χ0v) is 17.8. The van der Waals surface area contributed by atoms with Crippen LogP contribution in [0.1, 0.15) is 19.8 Å². The number of thioether (sulfide) groups is 1. The highest BCUT2D eigenvalue weighted by molar-refractivity contribution is 7.99. The molecule has 2 aromatic rings. The average molecular weight is 416 g/mol. The van der Waals surface area contributed by atoms with Gasteiger partial charge in [-0.3, -0.25) is 9.69 Å². The standard InChI is InChI=1S/C21H29N5O2S/c1-2-26-20(17-7-4-3-5-8-17)22-23-21(26)29-16-19(27)25-12-10-24(11-13-25)15-18-9-6-14-28-18/h3-5,7-8,18H,2,6,9-16H2,1H3/t18-/m0/s1. The van der Waals surface area contributed by atoms with E-state index in [1.807, 2.05) is 35.2 Å². The minimum Gasteiger partial charge on any atom is -0.377 e. The number of hydrogen-bond donors (Lipinski definition) is 0. The highest BCUT2D eigenvalue weighted by Crippen LogP contribution is 2.24. The van der Waals surface area contributed by atoms with Gasteiger partial charge in [0.15, 0.2) is 11.0 Å². The number of piperazine rings is 1. The summed E-state index contributed by atoms with van der Waals surface area (Å²) in [5.74, 6) is 1.43. The second-order valence-electron chi connectivity index (χ2n) is 7.52. The van der Waals surface area contributed by atoms with Gasteiger partial charge in [-0.05, 0) is 19.8 Å². The van der Waals surface area contributed by atoms with Gasteiger partial charge in [0, 0.05) is 51.4 Å². The molecular weight excluding hydrogens is 386 g/mol. The Hall–Kier alpha value is -1.90. The van der Waals surface area contributed by atoms with Crippen LogP contribution in [-0.4, -0.2) is 81.7 Å². The van der Waals surface area contributed by atoms with Gasteiger partial charge in [0.2, 0.25) is 5.91 Å². The Bertz CT molecular complexity index is 799. The van der Waals surface area contributed by atoms with Crippen LogP contribution >= 0.6 is 11.8 Å². The molecule has 156 valence electrons. The Balaban J connectivity index is 1.28. The van der Waals surface area contributed by atoms with Crippen molar-refractivity contribution in [1.82, 2.24) is 24.6 Å². The zero-order chi connectivity index (χ0) is 20.1. The summed E-state index contributed by atoms with van der Waals surface area (Å²) in [4.78, 5) is 17.1. The molecule has 3 heterocycles. The normalized spacial score (nSPS) is 20.3. The summed E-state index contributed by atoms with van der Waals surface area (Å²) < 4.78 is 7.81. The first kappa shape index (κ1) is 20.4. The third-order valence-electron chi connectivity index (χ3n) is 5.60. The summed E-state index contributed by atoms with van der Waals surface area (Å²) >= 11 is 1.48. The topological polar surface area (TPSA) is 63.5 Å². The third-order valence-corrected chi connectivity index (χ3v) is 6.55. The van der Waals surface area contributed by atoms with Gasteiger partial charge in [0.25, 0.3) is 0 Å². The lowest BCUT2D eigenvalue weighted by atomic mass is 10.2. The number of ether oxygens (including phenoxy) is 1. The summed E-state index contributed by atoms with van der Waals surface area (Å²) in [5.41, 5.74) is 1.04. The van der Waals surface area contributed by atoms with E-state index < -0.39 is 0 Å². The molecule has 0 saturated carbocycles. The minimum atomic E-state index is 0.179.